The van der Waals surface area contributed by atoms with Crippen molar-refractivity contribution < 1.29 is 14.7 Å². The number of aryl methyl sites for hydroxylation is 1. The van der Waals surface area contributed by atoms with Crippen LogP contribution in [-0.4, -0.2) is 50.9 Å². The fourth-order valence-corrected chi connectivity index (χ4v) is 4.26. The molecule has 0 spiro atoms. The van der Waals surface area contributed by atoms with E-state index in [9.17, 15) is 14.7 Å². The van der Waals surface area contributed by atoms with Gasteiger partial charge in [0, 0.05) is 31.5 Å². The van der Waals surface area contributed by atoms with Crippen LogP contribution in [0, 0.1) is 18.8 Å². The highest BCUT2D eigenvalue weighted by atomic mass is 16.3. The van der Waals surface area contributed by atoms with E-state index in [-0.39, 0.29) is 35.4 Å². The van der Waals surface area contributed by atoms with E-state index < -0.39 is 0 Å². The van der Waals surface area contributed by atoms with Crippen LogP contribution >= 0.6 is 0 Å². The number of hydrogen-bond donors (Lipinski definition) is 2. The first-order valence-electron chi connectivity index (χ1n) is 9.18. The minimum absolute atomic E-state index is 0.0132. The number of carbonyl (C=O) groups excluding carboxylic acids is 2. The van der Waals surface area contributed by atoms with Crippen molar-refractivity contribution in [2.45, 2.75) is 25.8 Å². The fraction of sp³-hybridized carbons (Fsp3) is 0.400. The molecule has 1 aliphatic heterocycles. The number of nitrogens with zero attached hydrogens (tertiary/aromatic N) is 3. The van der Waals surface area contributed by atoms with Gasteiger partial charge in [0.25, 0.3) is 11.8 Å². The molecule has 0 radical (unpaired) electrons. The molecule has 1 aliphatic carbocycles. The maximum absolute atomic E-state index is 12.7. The first kappa shape index (κ1) is 17.5. The quantitative estimate of drug-likeness (QED) is 0.863. The highest BCUT2D eigenvalue weighted by Gasteiger charge is 2.44. The lowest BCUT2D eigenvalue weighted by Crippen LogP contribution is -2.54. The third-order valence-corrected chi connectivity index (χ3v) is 5.60. The van der Waals surface area contributed by atoms with Gasteiger partial charge >= 0.3 is 0 Å². The van der Waals surface area contributed by atoms with Gasteiger partial charge in [-0.3, -0.25) is 14.6 Å². The van der Waals surface area contributed by atoms with Gasteiger partial charge < -0.3 is 15.3 Å². The summed E-state index contributed by atoms with van der Waals surface area (Å²) in [5.41, 5.74) is 1.57. The summed E-state index contributed by atoms with van der Waals surface area (Å²) in [6.07, 6.45) is 6.49. The Balaban J connectivity index is 1.46. The summed E-state index contributed by atoms with van der Waals surface area (Å²) < 4.78 is 0. The van der Waals surface area contributed by atoms with Crippen molar-refractivity contribution in [3.05, 3.63) is 53.6 Å². The van der Waals surface area contributed by atoms with Gasteiger partial charge in [-0.2, -0.15) is 0 Å². The number of piperidine rings is 1. The second kappa shape index (κ2) is 6.98. The lowest BCUT2D eigenvalue weighted by Gasteiger charge is -2.38. The number of benzene rings is 1. The Morgan fingerprint density at radius 1 is 1.19 bits per heavy atom. The van der Waals surface area contributed by atoms with Crippen molar-refractivity contribution in [3.63, 3.8) is 0 Å². The van der Waals surface area contributed by atoms with Crippen molar-refractivity contribution in [3.8, 4) is 5.75 Å². The number of phenolic OH excluding ortho intramolecular Hbond substituents is 1. The molecule has 2 N–H and O–H groups in total. The van der Waals surface area contributed by atoms with E-state index in [4.69, 9.17) is 0 Å². The molecule has 2 amide bonds. The lowest BCUT2D eigenvalue weighted by molar-refractivity contribution is 0.0592. The van der Waals surface area contributed by atoms with Gasteiger partial charge in [0.2, 0.25) is 0 Å². The van der Waals surface area contributed by atoms with Crippen LogP contribution in [0.4, 0.5) is 0 Å². The molecule has 4 rings (SSSR count). The first-order chi connectivity index (χ1) is 13.0. The largest absolute Gasteiger partial charge is 0.507 e. The van der Waals surface area contributed by atoms with Crippen LogP contribution in [0.2, 0.25) is 0 Å². The molecule has 2 aliphatic rings. The summed E-state index contributed by atoms with van der Waals surface area (Å²) in [6, 6.07) is 5.02. The molecule has 2 aromatic rings. The number of aromatic hydroxyl groups is 1. The number of phenols is 1. The Bertz CT molecular complexity index is 857. The van der Waals surface area contributed by atoms with Crippen molar-refractivity contribution in [1.29, 1.82) is 0 Å². The molecule has 27 heavy (non-hydrogen) atoms. The Hall–Kier alpha value is -2.96. The van der Waals surface area contributed by atoms with E-state index in [1.807, 2.05) is 11.8 Å². The monoisotopic (exact) mass is 366 g/mol. The van der Waals surface area contributed by atoms with E-state index in [2.05, 4.69) is 15.3 Å². The van der Waals surface area contributed by atoms with Gasteiger partial charge in [0.15, 0.2) is 0 Å². The van der Waals surface area contributed by atoms with Gasteiger partial charge in [0.05, 0.1) is 11.8 Å². The Labute approximate surface area is 157 Å². The third kappa shape index (κ3) is 3.37. The molecule has 1 aromatic heterocycles. The number of fused-ring (bicyclic) bond motifs is 2. The van der Waals surface area contributed by atoms with Crippen molar-refractivity contribution in [1.82, 2.24) is 20.2 Å². The molecule has 2 bridgehead atoms. The van der Waals surface area contributed by atoms with Crippen LogP contribution < -0.4 is 5.32 Å². The van der Waals surface area contributed by atoms with Crippen LogP contribution in [0.15, 0.2) is 36.8 Å². The molecular formula is C20H22N4O3. The summed E-state index contributed by atoms with van der Waals surface area (Å²) in [4.78, 5) is 35.2. The minimum atomic E-state index is -0.258. The van der Waals surface area contributed by atoms with Crippen LogP contribution in [0.1, 0.15) is 39.3 Å². The predicted molar refractivity (Wildman–Crippen MR) is 98.2 cm³/mol. The Morgan fingerprint density at radius 3 is 2.59 bits per heavy atom. The standard InChI is InChI=1S/C20H22N4O3/c1-12-2-5-17(25)15(8-12)19(26)23-18-13-3-4-14(18)11-24(10-13)20(27)16-9-21-6-7-22-16/h2,5-9,13-14,18,25H,3-4,10-11H2,1H3,(H,23,26)/t13-,14+,18?. The van der Waals surface area contributed by atoms with Crippen molar-refractivity contribution >= 4 is 11.8 Å². The number of carbonyl (C=O) groups is 2. The van der Waals surface area contributed by atoms with Gasteiger partial charge in [-0.05, 0) is 43.7 Å². The third-order valence-electron chi connectivity index (χ3n) is 5.60. The van der Waals surface area contributed by atoms with Crippen molar-refractivity contribution in [2.24, 2.45) is 11.8 Å². The van der Waals surface area contributed by atoms with Crippen LogP contribution in [-0.2, 0) is 0 Å². The second-order valence-electron chi connectivity index (χ2n) is 7.42. The molecule has 1 unspecified atom stereocenters. The summed E-state index contributed by atoms with van der Waals surface area (Å²) in [5.74, 6) is 0.0363. The smallest absolute Gasteiger partial charge is 0.274 e. The average Bonchev–Trinajstić information content (AvgIpc) is 2.91. The van der Waals surface area contributed by atoms with E-state index in [1.165, 1.54) is 12.4 Å². The maximum Gasteiger partial charge on any atom is 0.274 e. The molecular weight excluding hydrogens is 344 g/mol. The number of nitrogens with one attached hydrogen (secondary N) is 1. The molecule has 2 heterocycles. The van der Waals surface area contributed by atoms with Crippen molar-refractivity contribution in [2.75, 3.05) is 13.1 Å². The Morgan fingerprint density at radius 2 is 1.93 bits per heavy atom. The predicted octanol–water partition coefficient (Wildman–Crippen LogP) is 1.77. The Kier molecular flexibility index (Phi) is 4.51. The fourth-order valence-electron chi connectivity index (χ4n) is 4.26. The highest BCUT2D eigenvalue weighted by Crippen LogP contribution is 2.37. The average molecular weight is 366 g/mol. The SMILES string of the molecule is Cc1ccc(O)c(C(=O)NC2[C@@H]3CC[C@H]2CN(C(=O)c2cnccn2)C3)c1. The topological polar surface area (TPSA) is 95.4 Å². The van der Waals surface area contributed by atoms with E-state index in [0.717, 1.165) is 18.4 Å². The number of aromatic nitrogens is 2. The zero-order valence-corrected chi connectivity index (χ0v) is 15.1. The van der Waals surface area contributed by atoms with Crippen LogP contribution in [0.25, 0.3) is 0 Å². The molecule has 7 nitrogen and oxygen atoms in total. The zero-order chi connectivity index (χ0) is 19.0. The first-order valence-corrected chi connectivity index (χ1v) is 9.18. The summed E-state index contributed by atoms with van der Waals surface area (Å²) in [7, 11) is 0. The highest BCUT2D eigenvalue weighted by molar-refractivity contribution is 5.97. The van der Waals surface area contributed by atoms with E-state index in [0.29, 0.717) is 24.3 Å². The molecule has 140 valence electrons. The van der Waals surface area contributed by atoms with Gasteiger partial charge in [-0.15, -0.1) is 0 Å². The van der Waals surface area contributed by atoms with Crippen LogP contribution in [0.3, 0.4) is 0 Å². The maximum atomic E-state index is 12.7. The lowest BCUT2D eigenvalue weighted by atomic mass is 9.91. The minimum Gasteiger partial charge on any atom is -0.507 e. The van der Waals surface area contributed by atoms with Crippen LogP contribution in [0.5, 0.6) is 5.75 Å². The molecule has 1 aromatic carbocycles. The van der Waals surface area contributed by atoms with E-state index in [1.54, 1.807) is 24.4 Å². The molecule has 7 heteroatoms. The number of amides is 2. The number of rotatable bonds is 3. The summed E-state index contributed by atoms with van der Waals surface area (Å²) in [5, 5.41) is 13.1. The zero-order valence-electron chi connectivity index (χ0n) is 15.1. The molecule has 2 fully saturated rings. The van der Waals surface area contributed by atoms with Gasteiger partial charge in [0.1, 0.15) is 11.4 Å². The van der Waals surface area contributed by atoms with Gasteiger partial charge in [-0.1, -0.05) is 11.6 Å². The second-order valence-corrected chi connectivity index (χ2v) is 7.42. The molecule has 1 saturated heterocycles. The molecule has 3 atom stereocenters. The number of hydrogen-bond acceptors (Lipinski definition) is 5. The number of likely N-dealkylation sites (tertiary alicyclic amines) is 1. The van der Waals surface area contributed by atoms with E-state index >= 15 is 0 Å². The summed E-state index contributed by atoms with van der Waals surface area (Å²) in [6.45, 7) is 3.07. The normalized spacial score (nSPS) is 23.9. The van der Waals surface area contributed by atoms with Gasteiger partial charge in [-0.25, -0.2) is 4.98 Å². The molecule has 1 saturated carbocycles. The summed E-state index contributed by atoms with van der Waals surface area (Å²) >= 11 is 0.